The van der Waals surface area contributed by atoms with E-state index >= 15 is 0 Å². The number of hydrogen-bond donors (Lipinski definition) is 3. The van der Waals surface area contributed by atoms with E-state index in [9.17, 15) is 14.4 Å². The van der Waals surface area contributed by atoms with Crippen LogP contribution in [0.1, 0.15) is 26.4 Å². The summed E-state index contributed by atoms with van der Waals surface area (Å²) >= 11 is 0. The van der Waals surface area contributed by atoms with Crippen LogP contribution in [-0.2, 0) is 0 Å². The topological polar surface area (TPSA) is 91.1 Å². The van der Waals surface area contributed by atoms with Gasteiger partial charge in [-0.05, 0) is 36.8 Å². The molecule has 1 aromatic heterocycles. The Balaban J connectivity index is 2.22. The molecule has 0 radical (unpaired) electrons. The summed E-state index contributed by atoms with van der Waals surface area (Å²) in [6.45, 7) is 1.79. The fourth-order valence-electron chi connectivity index (χ4n) is 1.86. The Morgan fingerprint density at radius 3 is 2.48 bits per heavy atom. The third-order valence-corrected chi connectivity index (χ3v) is 2.98. The van der Waals surface area contributed by atoms with E-state index in [1.165, 1.54) is 18.2 Å². The van der Waals surface area contributed by atoms with Gasteiger partial charge in [0.2, 0.25) is 5.56 Å². The maximum atomic E-state index is 12.0. The zero-order chi connectivity index (χ0) is 15.4. The maximum absolute atomic E-state index is 12.0. The first kappa shape index (κ1) is 14.5. The standard InChI is InChI=1S/C15H15N3O3/c1-9-8-10(14(20)16-2)6-7-11(9)18-15(21)12-4-3-5-13(19)17-12/h3-8H,1-2H3,(H,16,20)(H,17,19)(H,18,21). The number of carbonyl (C=O) groups is 2. The van der Waals surface area contributed by atoms with E-state index in [2.05, 4.69) is 15.6 Å². The van der Waals surface area contributed by atoms with Crippen molar-refractivity contribution >= 4 is 17.5 Å². The van der Waals surface area contributed by atoms with E-state index in [0.717, 1.165) is 5.56 Å². The van der Waals surface area contributed by atoms with Crippen LogP contribution in [0.4, 0.5) is 5.69 Å². The summed E-state index contributed by atoms with van der Waals surface area (Å²) in [6, 6.07) is 9.32. The van der Waals surface area contributed by atoms with Crippen molar-refractivity contribution in [1.29, 1.82) is 0 Å². The first-order valence-electron chi connectivity index (χ1n) is 6.34. The van der Waals surface area contributed by atoms with Crippen LogP contribution in [0.25, 0.3) is 0 Å². The number of amides is 2. The van der Waals surface area contributed by atoms with Crippen molar-refractivity contribution in [3.63, 3.8) is 0 Å². The second kappa shape index (κ2) is 6.04. The van der Waals surface area contributed by atoms with Crippen molar-refractivity contribution in [2.45, 2.75) is 6.92 Å². The number of aryl methyl sites for hydroxylation is 1. The van der Waals surface area contributed by atoms with Gasteiger partial charge in [-0.25, -0.2) is 0 Å². The lowest BCUT2D eigenvalue weighted by Crippen LogP contribution is -2.20. The molecule has 0 fully saturated rings. The van der Waals surface area contributed by atoms with Gasteiger partial charge < -0.3 is 15.6 Å². The summed E-state index contributed by atoms with van der Waals surface area (Å²) in [4.78, 5) is 37.2. The molecule has 108 valence electrons. The highest BCUT2D eigenvalue weighted by Gasteiger charge is 2.10. The highest BCUT2D eigenvalue weighted by atomic mass is 16.2. The van der Waals surface area contributed by atoms with E-state index in [0.29, 0.717) is 11.3 Å². The molecule has 6 heteroatoms. The van der Waals surface area contributed by atoms with Crippen molar-refractivity contribution in [1.82, 2.24) is 10.3 Å². The molecular weight excluding hydrogens is 270 g/mol. The van der Waals surface area contributed by atoms with E-state index < -0.39 is 5.91 Å². The van der Waals surface area contributed by atoms with Gasteiger partial charge in [-0.3, -0.25) is 14.4 Å². The van der Waals surface area contributed by atoms with Crippen LogP contribution in [0.3, 0.4) is 0 Å². The van der Waals surface area contributed by atoms with Gasteiger partial charge in [0.05, 0.1) is 0 Å². The van der Waals surface area contributed by atoms with Crippen molar-refractivity contribution < 1.29 is 9.59 Å². The zero-order valence-electron chi connectivity index (χ0n) is 11.7. The van der Waals surface area contributed by atoms with Crippen molar-refractivity contribution in [2.24, 2.45) is 0 Å². The number of carbonyl (C=O) groups excluding carboxylic acids is 2. The van der Waals surface area contributed by atoms with Crippen LogP contribution in [0.2, 0.25) is 0 Å². The van der Waals surface area contributed by atoms with Gasteiger partial charge in [0.1, 0.15) is 5.69 Å². The zero-order valence-corrected chi connectivity index (χ0v) is 11.7. The molecule has 2 rings (SSSR count). The molecule has 0 aliphatic rings. The van der Waals surface area contributed by atoms with E-state index in [1.54, 1.807) is 32.2 Å². The van der Waals surface area contributed by atoms with Crippen molar-refractivity contribution in [3.05, 3.63) is 63.6 Å². The molecule has 6 nitrogen and oxygen atoms in total. The van der Waals surface area contributed by atoms with Crippen LogP contribution < -0.4 is 16.2 Å². The molecule has 1 heterocycles. The van der Waals surface area contributed by atoms with Crippen LogP contribution in [0.5, 0.6) is 0 Å². The minimum absolute atomic E-state index is 0.178. The molecule has 0 atom stereocenters. The Labute approximate surface area is 121 Å². The molecular formula is C15H15N3O3. The number of aromatic amines is 1. The summed E-state index contributed by atoms with van der Waals surface area (Å²) in [6.07, 6.45) is 0. The van der Waals surface area contributed by atoms with Crippen molar-refractivity contribution in [3.8, 4) is 0 Å². The summed E-state index contributed by atoms with van der Waals surface area (Å²) in [7, 11) is 1.55. The Kier molecular flexibility index (Phi) is 4.18. The third kappa shape index (κ3) is 3.36. The quantitative estimate of drug-likeness (QED) is 0.793. The second-order valence-electron chi connectivity index (χ2n) is 4.49. The fraction of sp³-hybridized carbons (Fsp3) is 0.133. The van der Waals surface area contributed by atoms with Crippen LogP contribution in [0, 0.1) is 6.92 Å². The Bertz CT molecular complexity index is 750. The van der Waals surface area contributed by atoms with E-state index in [1.807, 2.05) is 0 Å². The minimum Gasteiger partial charge on any atom is -0.355 e. The lowest BCUT2D eigenvalue weighted by molar-refractivity contribution is 0.0962. The summed E-state index contributed by atoms with van der Waals surface area (Å²) in [5.41, 5.74) is 1.69. The molecule has 0 unspecified atom stereocenters. The van der Waals surface area contributed by atoms with E-state index in [-0.39, 0.29) is 17.2 Å². The number of hydrogen-bond acceptors (Lipinski definition) is 3. The SMILES string of the molecule is CNC(=O)c1ccc(NC(=O)c2cccc(=O)[nH]2)c(C)c1. The van der Waals surface area contributed by atoms with Crippen LogP contribution >= 0.6 is 0 Å². The number of nitrogens with one attached hydrogen (secondary N) is 3. The maximum Gasteiger partial charge on any atom is 0.272 e. The number of aromatic nitrogens is 1. The molecule has 3 N–H and O–H groups in total. The predicted molar refractivity (Wildman–Crippen MR) is 79.6 cm³/mol. The summed E-state index contributed by atoms with van der Waals surface area (Å²) < 4.78 is 0. The lowest BCUT2D eigenvalue weighted by atomic mass is 10.1. The Morgan fingerprint density at radius 1 is 1.10 bits per heavy atom. The Hall–Kier alpha value is -2.89. The molecule has 2 amide bonds. The molecule has 0 saturated carbocycles. The number of pyridine rings is 1. The number of anilines is 1. The highest BCUT2D eigenvalue weighted by Crippen LogP contribution is 2.17. The van der Waals surface area contributed by atoms with Gasteiger partial charge in [0, 0.05) is 24.4 Å². The molecule has 0 bridgehead atoms. The molecule has 0 spiro atoms. The molecule has 0 aliphatic heterocycles. The molecule has 0 aliphatic carbocycles. The Morgan fingerprint density at radius 2 is 1.86 bits per heavy atom. The smallest absolute Gasteiger partial charge is 0.272 e. The second-order valence-corrected chi connectivity index (χ2v) is 4.49. The molecule has 21 heavy (non-hydrogen) atoms. The largest absolute Gasteiger partial charge is 0.355 e. The van der Waals surface area contributed by atoms with Gasteiger partial charge in [-0.15, -0.1) is 0 Å². The highest BCUT2D eigenvalue weighted by molar-refractivity contribution is 6.03. The van der Waals surface area contributed by atoms with Gasteiger partial charge in [0.25, 0.3) is 11.8 Å². The number of H-pyrrole nitrogens is 1. The monoisotopic (exact) mass is 285 g/mol. The normalized spacial score (nSPS) is 10.0. The van der Waals surface area contributed by atoms with Crippen LogP contribution in [-0.4, -0.2) is 23.8 Å². The van der Waals surface area contributed by atoms with Crippen LogP contribution in [0.15, 0.2) is 41.2 Å². The number of rotatable bonds is 3. The van der Waals surface area contributed by atoms with Crippen molar-refractivity contribution in [2.75, 3.05) is 12.4 Å². The first-order chi connectivity index (χ1) is 10.0. The summed E-state index contributed by atoms with van der Waals surface area (Å²) in [5.74, 6) is -0.605. The van der Waals surface area contributed by atoms with Gasteiger partial charge >= 0.3 is 0 Å². The van der Waals surface area contributed by atoms with Gasteiger partial charge in [-0.2, -0.15) is 0 Å². The molecule has 0 saturated heterocycles. The minimum atomic E-state index is -0.413. The number of benzene rings is 1. The first-order valence-corrected chi connectivity index (χ1v) is 6.34. The lowest BCUT2D eigenvalue weighted by Gasteiger charge is -2.09. The van der Waals surface area contributed by atoms with E-state index in [4.69, 9.17) is 0 Å². The van der Waals surface area contributed by atoms with Gasteiger partial charge in [-0.1, -0.05) is 6.07 Å². The predicted octanol–water partition coefficient (Wildman–Crippen LogP) is 1.30. The van der Waals surface area contributed by atoms with Gasteiger partial charge in [0.15, 0.2) is 0 Å². The third-order valence-electron chi connectivity index (χ3n) is 2.98. The summed E-state index contributed by atoms with van der Waals surface area (Å²) in [5, 5.41) is 5.23. The molecule has 1 aromatic carbocycles. The molecule has 2 aromatic rings. The average Bonchev–Trinajstić information content (AvgIpc) is 2.48. The fourth-order valence-corrected chi connectivity index (χ4v) is 1.86. The average molecular weight is 285 g/mol.